The molecule has 0 aromatic carbocycles. The van der Waals surface area contributed by atoms with Gasteiger partial charge in [-0.3, -0.25) is 19.2 Å². The van der Waals surface area contributed by atoms with Gasteiger partial charge >= 0.3 is 5.69 Å². The Balaban J connectivity index is 1.99. The minimum absolute atomic E-state index is 0.103. The Labute approximate surface area is 133 Å². The Morgan fingerprint density at radius 1 is 1.30 bits per heavy atom. The number of nitrogens with one attached hydrogen (secondary N) is 1. The van der Waals surface area contributed by atoms with E-state index in [-0.39, 0.29) is 17.1 Å². The molecule has 0 saturated carbocycles. The van der Waals surface area contributed by atoms with E-state index >= 15 is 0 Å². The van der Waals surface area contributed by atoms with Crippen molar-refractivity contribution in [2.75, 3.05) is 0 Å². The van der Waals surface area contributed by atoms with Crippen molar-refractivity contribution in [1.29, 1.82) is 0 Å². The Morgan fingerprint density at radius 2 is 2.04 bits per heavy atom. The molecule has 0 spiro atoms. The summed E-state index contributed by atoms with van der Waals surface area (Å²) in [6.45, 7) is 7.76. The van der Waals surface area contributed by atoms with Crippen molar-refractivity contribution in [3.05, 3.63) is 56.8 Å². The molecule has 0 aliphatic carbocycles. The zero-order valence-electron chi connectivity index (χ0n) is 13.7. The lowest BCUT2D eigenvalue weighted by molar-refractivity contribution is -0.232. The third-order valence-electron chi connectivity index (χ3n) is 3.93. The summed E-state index contributed by atoms with van der Waals surface area (Å²) in [4.78, 5) is 32.0. The molecule has 2 atom stereocenters. The molecule has 1 saturated heterocycles. The van der Waals surface area contributed by atoms with Crippen molar-refractivity contribution in [1.82, 2.24) is 14.6 Å². The van der Waals surface area contributed by atoms with Gasteiger partial charge in [0.15, 0.2) is 6.23 Å². The fourth-order valence-electron chi connectivity index (χ4n) is 2.84. The third-order valence-corrected chi connectivity index (χ3v) is 3.93. The fraction of sp³-hybridized carbons (Fsp3) is 0.500. The summed E-state index contributed by atoms with van der Waals surface area (Å²) in [5.41, 5.74) is -0.649. The first kappa shape index (κ1) is 15.8. The summed E-state index contributed by atoms with van der Waals surface area (Å²) < 4.78 is 6.96. The molecular formula is C16H21N3O4. The van der Waals surface area contributed by atoms with E-state index in [0.29, 0.717) is 12.0 Å². The Morgan fingerprint density at radius 3 is 2.65 bits per heavy atom. The van der Waals surface area contributed by atoms with Gasteiger partial charge in [-0.15, -0.1) is 0 Å². The molecule has 0 bridgehead atoms. The quantitative estimate of drug-likeness (QED) is 0.917. The van der Waals surface area contributed by atoms with Crippen LogP contribution < -0.4 is 11.2 Å². The van der Waals surface area contributed by atoms with Crippen LogP contribution in [0.25, 0.3) is 0 Å². The highest BCUT2D eigenvalue weighted by Crippen LogP contribution is 2.42. The molecule has 0 radical (unpaired) electrons. The largest absolute Gasteiger partial charge is 0.468 e. The lowest BCUT2D eigenvalue weighted by Gasteiger charge is -2.34. The van der Waals surface area contributed by atoms with Crippen molar-refractivity contribution in [2.45, 2.75) is 51.9 Å². The maximum Gasteiger partial charge on any atom is 0.330 e. The predicted octanol–water partition coefficient (Wildman–Crippen LogP) is 2.11. The highest BCUT2D eigenvalue weighted by atomic mass is 16.7. The minimum Gasteiger partial charge on any atom is -0.468 e. The monoisotopic (exact) mass is 319 g/mol. The molecule has 2 aromatic rings. The van der Waals surface area contributed by atoms with E-state index in [1.807, 2.05) is 38.0 Å². The molecule has 124 valence electrons. The average molecular weight is 319 g/mol. The predicted molar refractivity (Wildman–Crippen MR) is 83.8 cm³/mol. The number of rotatable bonds is 2. The van der Waals surface area contributed by atoms with E-state index in [1.54, 1.807) is 13.2 Å². The number of aromatic amines is 1. The minimum atomic E-state index is -0.493. The zero-order chi connectivity index (χ0) is 16.8. The molecular weight excluding hydrogens is 298 g/mol. The second-order valence-corrected chi connectivity index (χ2v) is 6.80. The van der Waals surface area contributed by atoms with Crippen LogP contribution in [0.3, 0.4) is 0 Å². The van der Waals surface area contributed by atoms with Crippen LogP contribution in [0.2, 0.25) is 0 Å². The van der Waals surface area contributed by atoms with Gasteiger partial charge < -0.3 is 4.42 Å². The van der Waals surface area contributed by atoms with E-state index in [1.165, 1.54) is 10.8 Å². The lowest BCUT2D eigenvalue weighted by Crippen LogP contribution is -2.40. The van der Waals surface area contributed by atoms with Gasteiger partial charge in [0.1, 0.15) is 5.76 Å². The molecule has 0 amide bonds. The third kappa shape index (κ3) is 2.89. The SMILES string of the molecule is Cc1cn([C@@H]2C[C@H](c3ccco3)N(C(C)(C)C)O2)c(=O)[nH]c1=O. The Hall–Kier alpha value is -2.12. The highest BCUT2D eigenvalue weighted by Gasteiger charge is 2.43. The molecule has 0 unspecified atom stereocenters. The van der Waals surface area contributed by atoms with Gasteiger partial charge in [-0.05, 0) is 39.8 Å². The number of aromatic nitrogens is 2. The van der Waals surface area contributed by atoms with E-state index < -0.39 is 11.9 Å². The Bertz CT molecular complexity index is 798. The highest BCUT2D eigenvalue weighted by molar-refractivity contribution is 5.08. The van der Waals surface area contributed by atoms with Crippen molar-refractivity contribution in [3.63, 3.8) is 0 Å². The van der Waals surface area contributed by atoms with Crippen LogP contribution >= 0.6 is 0 Å². The maximum atomic E-state index is 12.1. The topological polar surface area (TPSA) is 80.5 Å². The van der Waals surface area contributed by atoms with Crippen molar-refractivity contribution in [2.24, 2.45) is 0 Å². The molecule has 7 heteroatoms. The van der Waals surface area contributed by atoms with Gasteiger partial charge in [0.25, 0.3) is 5.56 Å². The van der Waals surface area contributed by atoms with Crippen LogP contribution in [0.1, 0.15) is 50.8 Å². The number of aryl methyl sites for hydroxylation is 1. The van der Waals surface area contributed by atoms with E-state index in [4.69, 9.17) is 9.25 Å². The molecule has 1 fully saturated rings. The summed E-state index contributed by atoms with van der Waals surface area (Å²) in [5, 5.41) is 1.85. The van der Waals surface area contributed by atoms with Crippen LogP contribution in [0.4, 0.5) is 0 Å². The van der Waals surface area contributed by atoms with E-state index in [2.05, 4.69) is 4.98 Å². The number of hydroxylamine groups is 2. The first-order valence-electron chi connectivity index (χ1n) is 7.59. The molecule has 1 N–H and O–H groups in total. The summed E-state index contributed by atoms with van der Waals surface area (Å²) in [7, 11) is 0. The van der Waals surface area contributed by atoms with Gasteiger partial charge in [-0.2, -0.15) is 5.06 Å². The summed E-state index contributed by atoms with van der Waals surface area (Å²) in [5.74, 6) is 0.789. The number of furan rings is 1. The first-order valence-corrected chi connectivity index (χ1v) is 7.59. The van der Waals surface area contributed by atoms with Crippen LogP contribution in [0, 0.1) is 6.92 Å². The van der Waals surface area contributed by atoms with Crippen molar-refractivity contribution in [3.8, 4) is 0 Å². The van der Waals surface area contributed by atoms with Crippen molar-refractivity contribution >= 4 is 0 Å². The molecule has 1 aliphatic heterocycles. The van der Waals surface area contributed by atoms with Gasteiger partial charge in [0.05, 0.1) is 12.3 Å². The standard InChI is InChI=1S/C16H21N3O4/c1-10-9-18(15(21)17-14(10)20)13-8-11(12-6-5-7-22-12)19(23-13)16(2,3)4/h5-7,9,11,13H,8H2,1-4H3,(H,17,20,21)/t11-,13+/m1/s1. The second-order valence-electron chi connectivity index (χ2n) is 6.80. The van der Waals surface area contributed by atoms with Gasteiger partial charge in [0, 0.05) is 23.7 Å². The van der Waals surface area contributed by atoms with Gasteiger partial charge in [0.2, 0.25) is 0 Å². The maximum absolute atomic E-state index is 12.1. The number of H-pyrrole nitrogens is 1. The van der Waals surface area contributed by atoms with Crippen LogP contribution in [-0.2, 0) is 4.84 Å². The smallest absolute Gasteiger partial charge is 0.330 e. The summed E-state index contributed by atoms with van der Waals surface area (Å²) in [6.07, 6.45) is 3.22. The van der Waals surface area contributed by atoms with Crippen LogP contribution in [0.15, 0.2) is 38.6 Å². The summed E-state index contributed by atoms with van der Waals surface area (Å²) >= 11 is 0. The average Bonchev–Trinajstić information content (AvgIpc) is 3.10. The lowest BCUT2D eigenvalue weighted by atomic mass is 10.0. The second kappa shape index (κ2) is 5.50. The number of nitrogens with zero attached hydrogens (tertiary/aromatic N) is 2. The molecule has 2 aromatic heterocycles. The van der Waals surface area contributed by atoms with E-state index in [0.717, 1.165) is 5.76 Å². The molecule has 23 heavy (non-hydrogen) atoms. The van der Waals surface area contributed by atoms with E-state index in [9.17, 15) is 9.59 Å². The van der Waals surface area contributed by atoms with Crippen LogP contribution in [0.5, 0.6) is 0 Å². The molecule has 1 aliphatic rings. The molecule has 3 rings (SSSR count). The van der Waals surface area contributed by atoms with Crippen molar-refractivity contribution < 1.29 is 9.25 Å². The zero-order valence-corrected chi connectivity index (χ0v) is 13.7. The first-order chi connectivity index (χ1) is 10.8. The number of hydrogen-bond acceptors (Lipinski definition) is 5. The normalized spacial score (nSPS) is 22.6. The molecule has 7 nitrogen and oxygen atoms in total. The number of hydrogen-bond donors (Lipinski definition) is 1. The van der Waals surface area contributed by atoms with Crippen LogP contribution in [-0.4, -0.2) is 20.2 Å². The van der Waals surface area contributed by atoms with Gasteiger partial charge in [-0.1, -0.05) is 0 Å². The summed E-state index contributed by atoms with van der Waals surface area (Å²) in [6, 6.07) is 3.63. The van der Waals surface area contributed by atoms with Gasteiger partial charge in [-0.25, -0.2) is 4.79 Å². The fourth-order valence-corrected chi connectivity index (χ4v) is 2.84. The molecule has 3 heterocycles. The Kier molecular flexibility index (Phi) is 3.77.